The first-order chi connectivity index (χ1) is 23.1. The van der Waals surface area contributed by atoms with Crippen molar-refractivity contribution in [1.29, 1.82) is 0 Å². The zero-order chi connectivity index (χ0) is 33.8. The molecule has 1 N–H and O–H groups in total. The van der Waals surface area contributed by atoms with Gasteiger partial charge >= 0.3 is 5.69 Å². The number of sulfone groups is 1. The summed E-state index contributed by atoms with van der Waals surface area (Å²) < 4.78 is 47.4. The lowest BCUT2D eigenvalue weighted by molar-refractivity contribution is -0.387. The monoisotopic (exact) mass is 674 g/mol. The van der Waals surface area contributed by atoms with Crippen molar-refractivity contribution in [3.8, 4) is 22.9 Å². The van der Waals surface area contributed by atoms with Gasteiger partial charge in [-0.05, 0) is 48.5 Å². The molecule has 48 heavy (non-hydrogen) atoms. The van der Waals surface area contributed by atoms with Crippen molar-refractivity contribution in [3.63, 3.8) is 0 Å². The number of para-hydroxylation sites is 4. The number of nitrogens with zero attached hydrogens (tertiary/aromatic N) is 5. The first-order valence-corrected chi connectivity index (χ1v) is 16.5. The summed E-state index contributed by atoms with van der Waals surface area (Å²) in [6, 6.07) is 22.8. The van der Waals surface area contributed by atoms with Gasteiger partial charge in [-0.3, -0.25) is 25.1 Å². The fourth-order valence-corrected chi connectivity index (χ4v) is 6.34. The highest BCUT2D eigenvalue weighted by Gasteiger charge is 2.22. The van der Waals surface area contributed by atoms with Crippen LogP contribution in [-0.2, 0) is 9.84 Å². The smallest absolute Gasteiger partial charge is 0.305 e. The maximum absolute atomic E-state index is 13.2. The van der Waals surface area contributed by atoms with E-state index in [0.717, 1.165) is 12.1 Å². The molecule has 0 spiro atoms. The number of nitro groups is 2. The third kappa shape index (κ3) is 7.29. The van der Waals surface area contributed by atoms with Crippen LogP contribution in [0.15, 0.2) is 93.8 Å². The predicted octanol–water partition coefficient (Wildman–Crippen LogP) is 6.09. The third-order valence-electron chi connectivity index (χ3n) is 7.60. The molecule has 1 saturated heterocycles. The lowest BCUT2D eigenvalue weighted by Gasteiger charge is -2.26. The lowest BCUT2D eigenvalue weighted by atomic mass is 10.1. The van der Waals surface area contributed by atoms with Crippen molar-refractivity contribution >= 4 is 49.1 Å². The molecule has 7 rings (SSSR count). The molecule has 1 fully saturated rings. The summed E-state index contributed by atoms with van der Waals surface area (Å²) in [6.07, 6.45) is 0. The highest BCUT2D eigenvalue weighted by Crippen LogP contribution is 2.32. The maximum atomic E-state index is 13.2. The van der Waals surface area contributed by atoms with Gasteiger partial charge in [0.1, 0.15) is 16.7 Å². The molecule has 14 nitrogen and oxygen atoms in total. The molecule has 0 saturated carbocycles. The second-order valence-corrected chi connectivity index (χ2v) is 13.1. The van der Waals surface area contributed by atoms with Gasteiger partial charge in [0.25, 0.3) is 5.69 Å². The zero-order valence-corrected chi connectivity index (χ0v) is 25.9. The van der Waals surface area contributed by atoms with E-state index in [1.165, 1.54) is 12.1 Å². The summed E-state index contributed by atoms with van der Waals surface area (Å²) >= 11 is 0. The van der Waals surface area contributed by atoms with Crippen LogP contribution < -0.4 is 5.32 Å². The van der Waals surface area contributed by atoms with Crippen molar-refractivity contribution in [3.05, 3.63) is 111 Å². The number of aromatic nitrogens is 2. The van der Waals surface area contributed by atoms with Gasteiger partial charge in [0.2, 0.25) is 17.6 Å². The summed E-state index contributed by atoms with van der Waals surface area (Å²) in [4.78, 5) is 31.6. The Bertz CT molecular complexity index is 2170. The van der Waals surface area contributed by atoms with Gasteiger partial charge in [-0.1, -0.05) is 24.3 Å². The molecule has 1 aliphatic heterocycles. The summed E-state index contributed by atoms with van der Waals surface area (Å²) in [5, 5.41) is 25.3. The highest BCUT2D eigenvalue weighted by molar-refractivity contribution is 7.91. The molecule has 6 aromatic rings. The van der Waals surface area contributed by atoms with E-state index in [4.69, 9.17) is 8.83 Å². The second-order valence-electron chi connectivity index (χ2n) is 10.8. The van der Waals surface area contributed by atoms with E-state index in [2.05, 4.69) is 15.3 Å². The van der Waals surface area contributed by atoms with Crippen LogP contribution in [-0.4, -0.2) is 70.8 Å². The highest BCUT2D eigenvalue weighted by atomic mass is 32.2. The molecule has 2 aromatic heterocycles. The minimum atomic E-state index is -2.92. The number of hydrogen-bond acceptors (Lipinski definition) is 12. The molecule has 0 bridgehead atoms. The normalized spacial score (nSPS) is 14.4. The Balaban J connectivity index is 0.000000182. The van der Waals surface area contributed by atoms with Crippen molar-refractivity contribution in [2.45, 2.75) is 0 Å². The van der Waals surface area contributed by atoms with Crippen molar-refractivity contribution < 1.29 is 31.5 Å². The molecule has 3 heterocycles. The van der Waals surface area contributed by atoms with E-state index >= 15 is 0 Å². The Kier molecular flexibility index (Phi) is 9.09. The van der Waals surface area contributed by atoms with Crippen molar-refractivity contribution in [1.82, 2.24) is 14.9 Å². The molecule has 4 aromatic carbocycles. The van der Waals surface area contributed by atoms with Crippen LogP contribution in [0.4, 0.5) is 21.5 Å². The Morgan fingerprint density at radius 2 is 1.29 bits per heavy atom. The van der Waals surface area contributed by atoms with Gasteiger partial charge < -0.3 is 14.2 Å². The summed E-state index contributed by atoms with van der Waals surface area (Å²) in [7, 11) is -2.92. The standard InChI is InChI=1S/C19H20N4O5S.C13H7FN2O3/c24-23(25)17-13-14(19-21-16-3-1-2-4-18(16)28-19)5-6-15(17)20-7-8-22-9-11-29(26,27)12-10-22;14-9-6-5-8(7-11(9)16(17)18)13-15-10-3-1-2-4-12(10)19-13/h1-6,13,20H,7-12H2;1-7H. The second kappa shape index (κ2) is 13.5. The number of fused-ring (bicyclic) bond motifs is 2. The van der Waals surface area contributed by atoms with Gasteiger partial charge in [-0.15, -0.1) is 0 Å². The molecule has 0 unspecified atom stereocenters. The van der Waals surface area contributed by atoms with E-state index in [0.29, 0.717) is 71.1 Å². The quantitative estimate of drug-likeness (QED) is 0.145. The topological polar surface area (TPSA) is 188 Å². The van der Waals surface area contributed by atoms with Gasteiger partial charge in [-0.25, -0.2) is 18.4 Å². The SMILES string of the molecule is O=[N+]([O-])c1cc(-c2nc3ccccc3o2)ccc1F.O=[N+]([O-])c1cc(-c2nc3ccccc3o2)ccc1NCCN1CCS(=O)(=O)CC1. The van der Waals surface area contributed by atoms with Crippen LogP contribution in [0.25, 0.3) is 45.1 Å². The first-order valence-electron chi connectivity index (χ1n) is 14.7. The molecular formula is C32H27FN6O8S. The number of halogens is 1. The third-order valence-corrected chi connectivity index (χ3v) is 9.21. The van der Waals surface area contributed by atoms with E-state index < -0.39 is 31.2 Å². The summed E-state index contributed by atoms with van der Waals surface area (Å²) in [6.45, 7) is 2.06. The van der Waals surface area contributed by atoms with E-state index in [9.17, 15) is 33.0 Å². The lowest BCUT2D eigenvalue weighted by Crippen LogP contribution is -2.42. The number of rotatable bonds is 8. The average Bonchev–Trinajstić information content (AvgIpc) is 3.71. The average molecular weight is 675 g/mol. The van der Waals surface area contributed by atoms with E-state index in [1.807, 2.05) is 29.2 Å². The minimum Gasteiger partial charge on any atom is -0.436 e. The fraction of sp³-hybridized carbons (Fsp3) is 0.188. The van der Waals surface area contributed by atoms with Gasteiger partial charge in [0, 0.05) is 49.4 Å². The van der Waals surface area contributed by atoms with E-state index in [-0.39, 0.29) is 23.1 Å². The van der Waals surface area contributed by atoms with Crippen LogP contribution in [0.3, 0.4) is 0 Å². The Labute approximate surface area is 272 Å². The molecule has 0 atom stereocenters. The minimum absolute atomic E-state index is 0.0639. The number of benzene rings is 4. The molecule has 1 aliphatic rings. The van der Waals surface area contributed by atoms with Gasteiger partial charge in [-0.2, -0.15) is 4.39 Å². The number of oxazole rings is 2. The zero-order valence-electron chi connectivity index (χ0n) is 25.1. The fourth-order valence-electron chi connectivity index (χ4n) is 5.06. The van der Waals surface area contributed by atoms with E-state index in [1.54, 1.807) is 36.4 Å². The van der Waals surface area contributed by atoms with Crippen LogP contribution in [0, 0.1) is 26.0 Å². The Hall–Kier alpha value is -5.74. The number of nitrogens with one attached hydrogen (secondary N) is 1. The number of anilines is 1. The molecule has 0 radical (unpaired) electrons. The van der Waals surface area contributed by atoms with Crippen LogP contribution >= 0.6 is 0 Å². The first kappa shape index (κ1) is 32.2. The van der Waals surface area contributed by atoms with Crippen LogP contribution in [0.2, 0.25) is 0 Å². The Morgan fingerprint density at radius 1 is 0.771 bits per heavy atom. The van der Waals surface area contributed by atoms with Crippen LogP contribution in [0.5, 0.6) is 0 Å². The largest absolute Gasteiger partial charge is 0.436 e. The van der Waals surface area contributed by atoms with Crippen LogP contribution in [0.1, 0.15) is 0 Å². The summed E-state index contributed by atoms with van der Waals surface area (Å²) in [5.74, 6) is -0.0110. The van der Waals surface area contributed by atoms with Crippen molar-refractivity contribution in [2.24, 2.45) is 0 Å². The van der Waals surface area contributed by atoms with Crippen molar-refractivity contribution in [2.75, 3.05) is 43.0 Å². The molecule has 0 aliphatic carbocycles. The molecular weight excluding hydrogens is 647 g/mol. The molecule has 246 valence electrons. The Morgan fingerprint density at radius 3 is 1.83 bits per heavy atom. The summed E-state index contributed by atoms with van der Waals surface area (Å²) in [5.41, 5.74) is 3.16. The van der Waals surface area contributed by atoms with Gasteiger partial charge in [0.15, 0.2) is 21.0 Å². The predicted molar refractivity (Wildman–Crippen MR) is 176 cm³/mol. The maximum Gasteiger partial charge on any atom is 0.305 e. The van der Waals surface area contributed by atoms with Gasteiger partial charge in [0.05, 0.1) is 21.4 Å². The molecule has 0 amide bonds. The molecule has 16 heteroatoms. The number of hydrogen-bond donors (Lipinski definition) is 1. The number of nitro benzene ring substituents is 2.